The fourth-order valence-corrected chi connectivity index (χ4v) is 2.64. The molecule has 0 saturated heterocycles. The molecule has 2 rings (SSSR count). The summed E-state index contributed by atoms with van der Waals surface area (Å²) >= 11 is 5.37. The number of H-pyrrole nitrogens is 1. The molecular weight excluding hydrogens is 270 g/mol. The predicted octanol–water partition coefficient (Wildman–Crippen LogP) is 2.91. The van der Waals surface area contributed by atoms with E-state index in [9.17, 15) is 0 Å². The predicted molar refractivity (Wildman–Crippen MR) is 83.1 cm³/mol. The molecule has 6 heteroatoms. The molecule has 2 heterocycles. The maximum absolute atomic E-state index is 5.37. The molecule has 1 N–H and O–H groups in total. The minimum Gasteiger partial charge on any atom is -0.302 e. The molecule has 0 radical (unpaired) electrons. The van der Waals surface area contributed by atoms with E-state index in [-0.39, 0.29) is 6.04 Å². The minimum atomic E-state index is 0.248. The average Bonchev–Trinajstić information content (AvgIpc) is 2.87. The van der Waals surface area contributed by atoms with Crippen LogP contribution in [0.3, 0.4) is 0 Å². The van der Waals surface area contributed by atoms with Gasteiger partial charge in [-0.2, -0.15) is 5.10 Å². The Morgan fingerprint density at radius 2 is 2.10 bits per heavy atom. The SMILES string of the molecule is CCN(CC)CC(C)n1c(-c2ccccn2)n[nH]c1=S. The summed E-state index contributed by atoms with van der Waals surface area (Å²) in [4.78, 5) is 6.74. The Hall–Kier alpha value is -1.53. The van der Waals surface area contributed by atoms with Gasteiger partial charge in [-0.15, -0.1) is 0 Å². The molecule has 0 amide bonds. The molecule has 0 saturated carbocycles. The summed E-state index contributed by atoms with van der Waals surface area (Å²) in [5.41, 5.74) is 0.839. The maximum Gasteiger partial charge on any atom is 0.195 e. The van der Waals surface area contributed by atoms with Gasteiger partial charge < -0.3 is 4.90 Å². The van der Waals surface area contributed by atoms with E-state index < -0.39 is 0 Å². The average molecular weight is 291 g/mol. The molecule has 1 atom stereocenters. The van der Waals surface area contributed by atoms with Gasteiger partial charge in [0.05, 0.1) is 0 Å². The highest BCUT2D eigenvalue weighted by Gasteiger charge is 2.16. The van der Waals surface area contributed by atoms with Crippen molar-refractivity contribution in [3.8, 4) is 11.5 Å². The first-order chi connectivity index (χ1) is 9.67. The Morgan fingerprint density at radius 1 is 1.35 bits per heavy atom. The Balaban J connectivity index is 2.32. The number of hydrogen-bond acceptors (Lipinski definition) is 4. The smallest absolute Gasteiger partial charge is 0.195 e. The number of pyridine rings is 1. The van der Waals surface area contributed by atoms with Crippen LogP contribution in [0.4, 0.5) is 0 Å². The van der Waals surface area contributed by atoms with E-state index in [1.165, 1.54) is 0 Å². The first-order valence-electron chi connectivity index (χ1n) is 6.98. The van der Waals surface area contributed by atoms with E-state index in [0.717, 1.165) is 31.2 Å². The normalized spacial score (nSPS) is 12.8. The fraction of sp³-hybridized carbons (Fsp3) is 0.500. The van der Waals surface area contributed by atoms with Gasteiger partial charge in [0, 0.05) is 18.8 Å². The molecule has 0 aliphatic carbocycles. The molecular formula is C14H21N5S. The van der Waals surface area contributed by atoms with E-state index in [2.05, 4.69) is 45.4 Å². The van der Waals surface area contributed by atoms with E-state index in [1.807, 2.05) is 18.2 Å². The second kappa shape index (κ2) is 6.76. The third-order valence-corrected chi connectivity index (χ3v) is 3.74. The van der Waals surface area contributed by atoms with Crippen LogP contribution in [0.25, 0.3) is 11.5 Å². The molecule has 0 aliphatic rings. The van der Waals surface area contributed by atoms with Crippen molar-refractivity contribution in [2.75, 3.05) is 19.6 Å². The van der Waals surface area contributed by atoms with Crippen LogP contribution >= 0.6 is 12.2 Å². The third-order valence-electron chi connectivity index (χ3n) is 3.46. The molecule has 0 bridgehead atoms. The van der Waals surface area contributed by atoms with Crippen molar-refractivity contribution in [3.63, 3.8) is 0 Å². The summed E-state index contributed by atoms with van der Waals surface area (Å²) in [6, 6.07) is 6.05. The lowest BCUT2D eigenvalue weighted by Crippen LogP contribution is -2.29. The summed E-state index contributed by atoms with van der Waals surface area (Å²) in [7, 11) is 0. The van der Waals surface area contributed by atoms with Crippen molar-refractivity contribution in [1.29, 1.82) is 0 Å². The van der Waals surface area contributed by atoms with E-state index in [4.69, 9.17) is 12.2 Å². The highest BCUT2D eigenvalue weighted by Crippen LogP contribution is 2.19. The lowest BCUT2D eigenvalue weighted by atomic mass is 10.2. The molecule has 0 fully saturated rings. The van der Waals surface area contributed by atoms with Crippen LogP contribution in [-0.2, 0) is 0 Å². The fourth-order valence-electron chi connectivity index (χ4n) is 2.33. The van der Waals surface area contributed by atoms with Crippen molar-refractivity contribution in [2.24, 2.45) is 0 Å². The van der Waals surface area contributed by atoms with E-state index >= 15 is 0 Å². The Bertz CT molecular complexity index is 585. The summed E-state index contributed by atoms with van der Waals surface area (Å²) in [6.07, 6.45) is 1.77. The summed E-state index contributed by atoms with van der Waals surface area (Å²) in [5.74, 6) is 0.801. The van der Waals surface area contributed by atoms with E-state index in [0.29, 0.717) is 4.77 Å². The van der Waals surface area contributed by atoms with Gasteiger partial charge in [-0.05, 0) is 44.4 Å². The van der Waals surface area contributed by atoms with Crippen molar-refractivity contribution < 1.29 is 0 Å². The molecule has 20 heavy (non-hydrogen) atoms. The lowest BCUT2D eigenvalue weighted by Gasteiger charge is -2.24. The highest BCUT2D eigenvalue weighted by atomic mass is 32.1. The molecule has 0 aromatic carbocycles. The van der Waals surface area contributed by atoms with Crippen molar-refractivity contribution in [2.45, 2.75) is 26.8 Å². The van der Waals surface area contributed by atoms with Gasteiger partial charge in [0.1, 0.15) is 5.69 Å². The minimum absolute atomic E-state index is 0.248. The van der Waals surface area contributed by atoms with Crippen molar-refractivity contribution in [3.05, 3.63) is 29.2 Å². The first kappa shape index (κ1) is 14.9. The molecule has 0 aliphatic heterocycles. The quantitative estimate of drug-likeness (QED) is 0.831. The number of nitrogens with zero attached hydrogens (tertiary/aromatic N) is 4. The van der Waals surface area contributed by atoms with Crippen LogP contribution in [-0.4, -0.2) is 44.3 Å². The van der Waals surface area contributed by atoms with E-state index in [1.54, 1.807) is 6.20 Å². The highest BCUT2D eigenvalue weighted by molar-refractivity contribution is 7.71. The van der Waals surface area contributed by atoms with Crippen LogP contribution in [0.5, 0.6) is 0 Å². The number of rotatable bonds is 6. The molecule has 2 aromatic rings. The summed E-state index contributed by atoms with van der Waals surface area (Å²) in [5, 5.41) is 7.21. The number of aromatic amines is 1. The molecule has 1 unspecified atom stereocenters. The van der Waals surface area contributed by atoms with Gasteiger partial charge in [-0.3, -0.25) is 14.6 Å². The lowest BCUT2D eigenvalue weighted by molar-refractivity contribution is 0.261. The third kappa shape index (κ3) is 3.13. The van der Waals surface area contributed by atoms with Crippen LogP contribution in [0.15, 0.2) is 24.4 Å². The maximum atomic E-state index is 5.37. The zero-order chi connectivity index (χ0) is 14.5. The van der Waals surface area contributed by atoms with Crippen LogP contribution < -0.4 is 0 Å². The number of aromatic nitrogens is 4. The first-order valence-corrected chi connectivity index (χ1v) is 7.38. The van der Waals surface area contributed by atoms with Crippen LogP contribution in [0.1, 0.15) is 26.8 Å². The molecule has 5 nitrogen and oxygen atoms in total. The topological polar surface area (TPSA) is 49.7 Å². The standard InChI is InChI=1S/C14H21N5S/c1-4-18(5-2)10-11(3)19-13(16-17-14(19)20)12-8-6-7-9-15-12/h6-9,11H,4-5,10H2,1-3H3,(H,17,20). The number of hydrogen-bond donors (Lipinski definition) is 1. The monoisotopic (exact) mass is 291 g/mol. The molecule has 108 valence electrons. The van der Waals surface area contributed by atoms with Gasteiger partial charge in [-0.1, -0.05) is 19.9 Å². The zero-order valence-corrected chi connectivity index (χ0v) is 13.0. The zero-order valence-electron chi connectivity index (χ0n) is 12.2. The van der Waals surface area contributed by atoms with Gasteiger partial charge in [-0.25, -0.2) is 0 Å². The number of likely N-dealkylation sites (N-methyl/N-ethyl adjacent to an activating group) is 1. The van der Waals surface area contributed by atoms with Crippen molar-refractivity contribution in [1.82, 2.24) is 24.6 Å². The number of nitrogens with one attached hydrogen (secondary N) is 1. The van der Waals surface area contributed by atoms with Gasteiger partial charge in [0.2, 0.25) is 0 Å². The second-order valence-corrected chi connectivity index (χ2v) is 5.16. The largest absolute Gasteiger partial charge is 0.302 e. The molecule has 2 aromatic heterocycles. The Kier molecular flexibility index (Phi) is 5.03. The van der Waals surface area contributed by atoms with Crippen molar-refractivity contribution >= 4 is 12.2 Å². The summed E-state index contributed by atoms with van der Waals surface area (Å²) in [6.45, 7) is 9.52. The van der Waals surface area contributed by atoms with Crippen LogP contribution in [0, 0.1) is 4.77 Å². The van der Waals surface area contributed by atoms with Gasteiger partial charge in [0.25, 0.3) is 0 Å². The Morgan fingerprint density at radius 3 is 2.70 bits per heavy atom. The van der Waals surface area contributed by atoms with Gasteiger partial charge in [0.15, 0.2) is 10.6 Å². The Labute approximate surface area is 124 Å². The van der Waals surface area contributed by atoms with Gasteiger partial charge >= 0.3 is 0 Å². The van der Waals surface area contributed by atoms with Crippen LogP contribution in [0.2, 0.25) is 0 Å². The summed E-state index contributed by atoms with van der Waals surface area (Å²) < 4.78 is 2.70. The molecule has 0 spiro atoms. The second-order valence-electron chi connectivity index (χ2n) is 4.77.